The Kier molecular flexibility index (Phi) is 6.62. The Labute approximate surface area is 185 Å². The number of sulfone groups is 1. The lowest BCUT2D eigenvalue weighted by Gasteiger charge is -2.29. The van der Waals surface area contributed by atoms with Gasteiger partial charge in [0.15, 0.2) is 0 Å². The first-order valence-electron chi connectivity index (χ1n) is 9.73. The summed E-state index contributed by atoms with van der Waals surface area (Å²) in [7, 11) is -3.99. The molecule has 0 unspecified atom stereocenters. The largest absolute Gasteiger partial charge is 0.496 e. The molecule has 2 aromatic carbocycles. The number of methoxy groups -OCH3 is 1. The van der Waals surface area contributed by atoms with E-state index in [1.54, 1.807) is 0 Å². The van der Waals surface area contributed by atoms with Gasteiger partial charge in [0.25, 0.3) is 0 Å². The summed E-state index contributed by atoms with van der Waals surface area (Å²) in [6.07, 6.45) is -6.33. The summed E-state index contributed by atoms with van der Waals surface area (Å²) in [6, 6.07) is 5.42. The van der Waals surface area contributed by atoms with Gasteiger partial charge in [-0.1, -0.05) is 0 Å². The highest BCUT2D eigenvalue weighted by atomic mass is 32.2. The molecule has 0 fully saturated rings. The summed E-state index contributed by atoms with van der Waals surface area (Å²) in [5.74, 6) is -6.22. The molecule has 4 nitrogen and oxygen atoms in total. The third-order valence-electron chi connectivity index (χ3n) is 5.36. The zero-order chi connectivity index (χ0) is 24.8. The van der Waals surface area contributed by atoms with Crippen LogP contribution in [0.25, 0.3) is 0 Å². The van der Waals surface area contributed by atoms with Gasteiger partial charge in [-0.25, -0.2) is 26.0 Å². The number of alkyl halides is 6. The minimum atomic E-state index is -4.94. The van der Waals surface area contributed by atoms with Gasteiger partial charge in [0.1, 0.15) is 11.6 Å². The van der Waals surface area contributed by atoms with E-state index in [4.69, 9.17) is 4.74 Å². The molecule has 0 spiro atoms. The lowest BCUT2D eigenvalue weighted by atomic mass is 10.00. The molecule has 3 rings (SSSR count). The van der Waals surface area contributed by atoms with E-state index >= 15 is 4.39 Å². The minimum absolute atomic E-state index is 0.0634. The van der Waals surface area contributed by atoms with Crippen LogP contribution in [-0.4, -0.2) is 33.5 Å². The number of hydrogen-bond donors (Lipinski definition) is 0. The van der Waals surface area contributed by atoms with Gasteiger partial charge in [0, 0.05) is 30.6 Å². The van der Waals surface area contributed by atoms with Crippen molar-refractivity contribution in [1.29, 1.82) is 0 Å². The minimum Gasteiger partial charge on any atom is -0.496 e. The Morgan fingerprint density at radius 1 is 1.09 bits per heavy atom. The molecule has 0 radical (unpaired) electrons. The van der Waals surface area contributed by atoms with Gasteiger partial charge >= 0.3 is 6.18 Å². The van der Waals surface area contributed by atoms with Crippen molar-refractivity contribution < 1.29 is 43.9 Å². The fourth-order valence-electron chi connectivity index (χ4n) is 3.70. The summed E-state index contributed by atoms with van der Waals surface area (Å²) >= 11 is 0. The molecular weight excluding hydrogens is 479 g/mol. The van der Waals surface area contributed by atoms with Gasteiger partial charge in [-0.3, -0.25) is 0 Å². The van der Waals surface area contributed by atoms with E-state index < -0.39 is 80.5 Å². The van der Waals surface area contributed by atoms with E-state index in [0.717, 1.165) is 24.1 Å². The fourth-order valence-corrected chi connectivity index (χ4v) is 5.40. The van der Waals surface area contributed by atoms with Gasteiger partial charge in [-0.05, 0) is 43.7 Å². The maximum Gasteiger partial charge on any atom is 0.420 e. The van der Waals surface area contributed by atoms with Gasteiger partial charge < -0.3 is 9.64 Å². The van der Waals surface area contributed by atoms with Crippen LogP contribution < -0.4 is 9.64 Å². The van der Waals surface area contributed by atoms with Gasteiger partial charge in [0.05, 0.1) is 23.3 Å². The summed E-state index contributed by atoms with van der Waals surface area (Å²) in [6.45, 7) is 0.0666. The maximum absolute atomic E-state index is 15.3. The average Bonchev–Trinajstić information content (AvgIpc) is 2.79. The third kappa shape index (κ3) is 5.20. The number of rotatable bonds is 5. The second-order valence-electron chi connectivity index (χ2n) is 7.87. The molecule has 12 heteroatoms. The van der Waals surface area contributed by atoms with Gasteiger partial charge in [-0.2, -0.15) is 13.2 Å². The lowest BCUT2D eigenvalue weighted by Crippen LogP contribution is -2.32. The molecule has 0 aromatic heterocycles. The Hall–Kier alpha value is -2.50. The molecule has 2 aromatic rings. The van der Waals surface area contributed by atoms with Gasteiger partial charge in [0.2, 0.25) is 21.3 Å². The van der Waals surface area contributed by atoms with Crippen molar-refractivity contribution in [2.75, 3.05) is 18.6 Å². The fraction of sp³-hybridized carbons (Fsp3) is 0.429. The van der Waals surface area contributed by atoms with Crippen LogP contribution in [0.15, 0.2) is 41.3 Å². The van der Waals surface area contributed by atoms with Crippen LogP contribution in [0.1, 0.15) is 25.3 Å². The topological polar surface area (TPSA) is 46.6 Å². The Morgan fingerprint density at radius 3 is 2.21 bits per heavy atom. The Balaban J connectivity index is 2.27. The van der Waals surface area contributed by atoms with Crippen molar-refractivity contribution in [3.8, 4) is 5.75 Å². The highest BCUT2D eigenvalue weighted by molar-refractivity contribution is 7.92. The predicted molar refractivity (Wildman–Crippen MR) is 107 cm³/mol. The van der Waals surface area contributed by atoms with Crippen molar-refractivity contribution in [3.05, 3.63) is 47.8 Å². The molecular formula is C21H20F7NO3S. The molecule has 0 saturated carbocycles. The molecule has 2 atom stereocenters. The first kappa shape index (κ1) is 25.1. The van der Waals surface area contributed by atoms with Crippen LogP contribution in [0.3, 0.4) is 0 Å². The van der Waals surface area contributed by atoms with Crippen LogP contribution in [0.4, 0.5) is 42.1 Å². The molecule has 0 saturated heterocycles. The van der Waals surface area contributed by atoms with Crippen molar-refractivity contribution >= 4 is 21.2 Å². The van der Waals surface area contributed by atoms with Crippen LogP contribution in [0, 0.1) is 11.7 Å². The summed E-state index contributed by atoms with van der Waals surface area (Å²) in [4.78, 5) is 0.286. The number of fused-ring (bicyclic) bond motifs is 1. The van der Waals surface area contributed by atoms with E-state index in [-0.39, 0.29) is 5.69 Å². The molecule has 0 aliphatic carbocycles. The lowest BCUT2D eigenvalue weighted by molar-refractivity contribution is -0.138. The van der Waals surface area contributed by atoms with E-state index in [1.165, 1.54) is 12.1 Å². The Morgan fingerprint density at radius 2 is 1.70 bits per heavy atom. The normalized spacial score (nSPS) is 20.8. The van der Waals surface area contributed by atoms with Crippen LogP contribution in [-0.2, 0) is 16.0 Å². The zero-order valence-corrected chi connectivity index (χ0v) is 18.3. The third-order valence-corrected chi connectivity index (χ3v) is 7.28. The van der Waals surface area contributed by atoms with Crippen molar-refractivity contribution in [1.82, 2.24) is 0 Å². The molecule has 1 aliphatic heterocycles. The van der Waals surface area contributed by atoms with E-state index in [9.17, 15) is 34.8 Å². The van der Waals surface area contributed by atoms with Crippen molar-refractivity contribution in [2.24, 2.45) is 5.92 Å². The summed E-state index contributed by atoms with van der Waals surface area (Å²) in [5.41, 5.74) is -4.41. The molecule has 33 heavy (non-hydrogen) atoms. The first-order chi connectivity index (χ1) is 15.1. The number of benzene rings is 2. The molecule has 0 amide bonds. The zero-order valence-electron chi connectivity index (χ0n) is 17.5. The van der Waals surface area contributed by atoms with Crippen molar-refractivity contribution in [3.63, 3.8) is 0 Å². The highest BCUT2D eigenvalue weighted by Gasteiger charge is 2.45. The average molecular weight is 499 g/mol. The number of ether oxygens (including phenoxy) is 1. The van der Waals surface area contributed by atoms with Crippen LogP contribution >= 0.6 is 0 Å². The van der Waals surface area contributed by atoms with E-state index in [0.29, 0.717) is 19.1 Å². The first-order valence-corrected chi connectivity index (χ1v) is 11.3. The molecule has 1 heterocycles. The van der Waals surface area contributed by atoms with Crippen molar-refractivity contribution in [2.45, 2.75) is 42.3 Å². The van der Waals surface area contributed by atoms with Crippen LogP contribution in [0.5, 0.6) is 5.75 Å². The molecule has 0 bridgehead atoms. The quantitative estimate of drug-likeness (QED) is 0.465. The molecule has 182 valence electrons. The summed E-state index contributed by atoms with van der Waals surface area (Å²) in [5, 5.41) is 0. The highest BCUT2D eigenvalue weighted by Crippen LogP contribution is 2.47. The number of halogens is 7. The Bertz CT molecular complexity index is 1110. The standard InChI is InChI=1S/C21H20F7NO3S/c1-20(24,25)8-7-12-11-29(14-5-3-13(22)4-6-14)16-9-15(21(26,27)28)17(32-2)10-18(16)33(30,31)19(12)23/h3-6,9-10,12,19H,7-8,11H2,1-2H3/t12-,19+/m1/s1. The molecule has 1 aliphatic rings. The molecule has 0 N–H and O–H groups in total. The smallest absolute Gasteiger partial charge is 0.420 e. The number of hydrogen-bond acceptors (Lipinski definition) is 4. The van der Waals surface area contributed by atoms with E-state index in [2.05, 4.69) is 0 Å². The summed E-state index contributed by atoms with van der Waals surface area (Å²) < 4.78 is 127. The monoisotopic (exact) mass is 499 g/mol. The van der Waals surface area contributed by atoms with Gasteiger partial charge in [-0.15, -0.1) is 0 Å². The second-order valence-corrected chi connectivity index (χ2v) is 9.85. The number of anilines is 2. The predicted octanol–water partition coefficient (Wildman–Crippen LogP) is 6.13. The SMILES string of the molecule is COc1cc2c(cc1C(F)(F)F)N(c1ccc(F)cc1)C[C@@H](CCC(C)(F)F)[C@@H](F)S2(=O)=O. The maximum atomic E-state index is 15.3. The van der Waals surface area contributed by atoms with Crippen LogP contribution in [0.2, 0.25) is 0 Å². The number of nitrogens with zero attached hydrogens (tertiary/aromatic N) is 1. The second kappa shape index (κ2) is 8.69. The van der Waals surface area contributed by atoms with E-state index in [1.807, 2.05) is 0 Å².